The summed E-state index contributed by atoms with van der Waals surface area (Å²) in [5.74, 6) is -0.860. The lowest BCUT2D eigenvalue weighted by Crippen LogP contribution is -2.08. The molecule has 1 heterocycles. The predicted octanol–water partition coefficient (Wildman–Crippen LogP) is -0.771. The molecule has 0 saturated heterocycles. The number of aliphatic carboxylic acids is 1. The van der Waals surface area contributed by atoms with Crippen molar-refractivity contribution < 1.29 is 15.0 Å². The number of hydrogen-bond donors (Lipinski definition) is 2. The van der Waals surface area contributed by atoms with Crippen LogP contribution in [0.2, 0.25) is 0 Å². The Morgan fingerprint density at radius 2 is 2.64 bits per heavy atom. The zero-order valence-corrected chi connectivity index (χ0v) is 6.39. The van der Waals surface area contributed by atoms with Crippen LogP contribution in [0.5, 0.6) is 0 Å². The minimum Gasteiger partial charge on any atom is -0.481 e. The van der Waals surface area contributed by atoms with Gasteiger partial charge in [-0.2, -0.15) is 0 Å². The highest BCUT2D eigenvalue weighted by Crippen LogP contribution is 1.85. The Labute approximate surface area is 66.8 Å². The predicted molar refractivity (Wildman–Crippen MR) is 36.2 cm³/mol. The molecule has 0 unspecified atom stereocenters. The van der Waals surface area contributed by atoms with E-state index in [4.69, 9.17) is 17.3 Å². The zero-order chi connectivity index (χ0) is 8.27. The van der Waals surface area contributed by atoms with E-state index in [-0.39, 0.29) is 6.42 Å². The molecule has 0 radical (unpaired) electrons. The maximum atomic E-state index is 10.1. The SMILES string of the molecule is O=C(O)CCn1[nH]n[nH+]c1=S. The second kappa shape index (κ2) is 3.24. The van der Waals surface area contributed by atoms with Gasteiger partial charge >= 0.3 is 10.7 Å². The molecule has 0 spiro atoms. The molecule has 7 heteroatoms. The van der Waals surface area contributed by atoms with E-state index in [0.717, 1.165) is 0 Å². The quantitative estimate of drug-likeness (QED) is 0.591. The number of aryl methyl sites for hydroxylation is 1. The lowest BCUT2D eigenvalue weighted by atomic mass is 10.4. The van der Waals surface area contributed by atoms with Crippen molar-refractivity contribution in [3.8, 4) is 0 Å². The Hall–Kier alpha value is -1.24. The zero-order valence-electron chi connectivity index (χ0n) is 5.57. The number of tetrazole rings is 1. The van der Waals surface area contributed by atoms with Crippen molar-refractivity contribution in [1.29, 1.82) is 0 Å². The van der Waals surface area contributed by atoms with Crippen molar-refractivity contribution in [2.45, 2.75) is 13.0 Å². The third-order valence-electron chi connectivity index (χ3n) is 1.12. The largest absolute Gasteiger partial charge is 0.481 e. The van der Waals surface area contributed by atoms with E-state index in [0.29, 0.717) is 11.3 Å². The van der Waals surface area contributed by atoms with E-state index < -0.39 is 5.97 Å². The summed E-state index contributed by atoms with van der Waals surface area (Å²) < 4.78 is 1.84. The fourth-order valence-electron chi connectivity index (χ4n) is 0.598. The fourth-order valence-corrected chi connectivity index (χ4v) is 0.776. The Morgan fingerprint density at radius 1 is 1.91 bits per heavy atom. The van der Waals surface area contributed by atoms with Gasteiger partial charge in [-0.15, -0.1) is 9.78 Å². The number of aromatic amines is 2. The van der Waals surface area contributed by atoms with Gasteiger partial charge in [-0.05, 0) is 0 Å². The number of carbonyl (C=O) groups is 1. The molecular formula is C4H7N4O2S+. The van der Waals surface area contributed by atoms with Gasteiger partial charge in [0, 0.05) is 12.2 Å². The van der Waals surface area contributed by atoms with Crippen LogP contribution in [0.3, 0.4) is 0 Å². The van der Waals surface area contributed by atoms with Gasteiger partial charge in [0.15, 0.2) is 0 Å². The second-order valence-electron chi connectivity index (χ2n) is 1.92. The first-order valence-corrected chi connectivity index (χ1v) is 3.35. The number of hydrogen-bond acceptors (Lipinski definition) is 3. The molecule has 0 fully saturated rings. The number of nitrogens with one attached hydrogen (secondary N) is 2. The summed E-state index contributed by atoms with van der Waals surface area (Å²) in [6.45, 7) is 0.310. The molecule has 3 N–H and O–H groups in total. The van der Waals surface area contributed by atoms with Crippen LogP contribution in [0, 0.1) is 4.77 Å². The number of aromatic nitrogens is 4. The lowest BCUT2D eigenvalue weighted by molar-refractivity contribution is -0.464. The number of H-pyrrole nitrogens is 2. The van der Waals surface area contributed by atoms with Crippen molar-refractivity contribution in [3.63, 3.8) is 0 Å². The van der Waals surface area contributed by atoms with Gasteiger partial charge in [0.1, 0.15) is 6.54 Å². The van der Waals surface area contributed by atoms with E-state index in [1.807, 2.05) is 0 Å². The minimum atomic E-state index is -0.860. The van der Waals surface area contributed by atoms with Crippen LogP contribution in [-0.4, -0.2) is 26.2 Å². The molecule has 6 nitrogen and oxygen atoms in total. The average molecular weight is 175 g/mol. The van der Waals surface area contributed by atoms with Crippen LogP contribution < -0.4 is 5.10 Å². The van der Waals surface area contributed by atoms with E-state index in [1.165, 1.54) is 4.68 Å². The Morgan fingerprint density at radius 3 is 3.09 bits per heavy atom. The topological polar surface area (TPSA) is 85.0 Å². The van der Waals surface area contributed by atoms with Crippen molar-refractivity contribution in [1.82, 2.24) is 15.1 Å². The molecular weight excluding hydrogens is 168 g/mol. The van der Waals surface area contributed by atoms with Crippen LogP contribution in [0.15, 0.2) is 0 Å². The molecule has 1 aromatic rings. The fraction of sp³-hybridized carbons (Fsp3) is 0.500. The monoisotopic (exact) mass is 175 g/mol. The summed E-state index contributed by atoms with van der Waals surface area (Å²) in [6, 6.07) is 0. The first-order chi connectivity index (χ1) is 5.20. The Kier molecular flexibility index (Phi) is 2.32. The van der Waals surface area contributed by atoms with Crippen LogP contribution in [0.1, 0.15) is 6.42 Å². The summed E-state index contributed by atoms with van der Waals surface area (Å²) in [6.07, 6.45) is 0.0321. The molecule has 0 aliphatic rings. The summed E-state index contributed by atoms with van der Waals surface area (Å²) in [5.41, 5.74) is 0. The highest BCUT2D eigenvalue weighted by molar-refractivity contribution is 7.71. The van der Waals surface area contributed by atoms with Crippen molar-refractivity contribution in [3.05, 3.63) is 4.77 Å². The maximum Gasteiger partial charge on any atom is 0.344 e. The number of rotatable bonds is 3. The van der Waals surface area contributed by atoms with Crippen LogP contribution in [0.4, 0.5) is 0 Å². The summed E-state index contributed by atoms with van der Waals surface area (Å²) in [4.78, 5) is 10.1. The van der Waals surface area contributed by atoms with Gasteiger partial charge in [-0.1, -0.05) is 5.21 Å². The molecule has 60 valence electrons. The summed E-state index contributed by atoms with van der Waals surface area (Å²) >= 11 is 4.76. The highest BCUT2D eigenvalue weighted by atomic mass is 32.1. The highest BCUT2D eigenvalue weighted by Gasteiger charge is 2.04. The van der Waals surface area contributed by atoms with Crippen molar-refractivity contribution >= 4 is 18.2 Å². The molecule has 1 rings (SSSR count). The van der Waals surface area contributed by atoms with Gasteiger partial charge in [-0.3, -0.25) is 4.79 Å². The minimum absolute atomic E-state index is 0.0321. The maximum absolute atomic E-state index is 10.1. The summed E-state index contributed by atoms with van der Waals surface area (Å²) in [7, 11) is 0. The number of nitrogens with zero attached hydrogens (tertiary/aromatic N) is 2. The summed E-state index contributed by atoms with van der Waals surface area (Å²) in [5, 5.41) is 16.8. The van der Waals surface area contributed by atoms with Gasteiger partial charge in [-0.25, -0.2) is 0 Å². The molecule has 0 bridgehead atoms. The normalized spacial score (nSPS) is 9.82. The van der Waals surface area contributed by atoms with Gasteiger partial charge in [0.2, 0.25) is 0 Å². The number of carboxylic acids is 1. The van der Waals surface area contributed by atoms with Crippen LogP contribution in [0.25, 0.3) is 0 Å². The first kappa shape index (κ1) is 7.86. The van der Waals surface area contributed by atoms with Gasteiger partial charge in [0.05, 0.1) is 11.6 Å². The lowest BCUT2D eigenvalue weighted by Gasteiger charge is -1.87. The second-order valence-corrected chi connectivity index (χ2v) is 2.31. The molecule has 0 amide bonds. The Bertz CT molecular complexity index is 303. The van der Waals surface area contributed by atoms with E-state index in [1.54, 1.807) is 0 Å². The Balaban J connectivity index is 2.58. The van der Waals surface area contributed by atoms with E-state index in [9.17, 15) is 4.79 Å². The van der Waals surface area contributed by atoms with Crippen molar-refractivity contribution in [2.75, 3.05) is 0 Å². The smallest absolute Gasteiger partial charge is 0.344 e. The molecule has 11 heavy (non-hydrogen) atoms. The molecule has 0 aromatic carbocycles. The first-order valence-electron chi connectivity index (χ1n) is 2.95. The molecule has 0 aliphatic carbocycles. The van der Waals surface area contributed by atoms with Gasteiger partial charge < -0.3 is 5.11 Å². The molecule has 0 atom stereocenters. The molecule has 0 aliphatic heterocycles. The van der Waals surface area contributed by atoms with Crippen LogP contribution >= 0.6 is 12.2 Å². The third-order valence-corrected chi connectivity index (χ3v) is 1.43. The molecule has 1 aromatic heterocycles. The van der Waals surface area contributed by atoms with Gasteiger partial charge in [0.25, 0.3) is 0 Å². The van der Waals surface area contributed by atoms with Crippen molar-refractivity contribution in [2.24, 2.45) is 0 Å². The van der Waals surface area contributed by atoms with E-state index >= 15 is 0 Å². The third kappa shape index (κ3) is 2.11. The van der Waals surface area contributed by atoms with E-state index in [2.05, 4.69) is 15.5 Å². The molecule has 0 saturated carbocycles. The van der Waals surface area contributed by atoms with Crippen LogP contribution in [-0.2, 0) is 11.3 Å². The number of carboxylic acid groups (broad SMARTS) is 1. The standard InChI is InChI=1S/C4H6N4O2S/c9-3(10)1-2-8-4(11)5-6-7-8/h1-2H2,(H,9,10)(H,5,7,11)/p+1. The average Bonchev–Trinajstić information content (AvgIpc) is 2.31.